The Labute approximate surface area is 76.9 Å². The van der Waals surface area contributed by atoms with E-state index in [0.29, 0.717) is 0 Å². The van der Waals surface area contributed by atoms with Crippen LogP contribution in [0.1, 0.15) is 0 Å². The van der Waals surface area contributed by atoms with E-state index in [2.05, 4.69) is 0 Å². The van der Waals surface area contributed by atoms with Crippen molar-refractivity contribution in [1.82, 2.24) is 8.55 Å². The first-order valence-electron chi connectivity index (χ1n) is 3.60. The van der Waals surface area contributed by atoms with Crippen molar-refractivity contribution < 1.29 is 8.42 Å². The maximum Gasteiger partial charge on any atom is 0.202 e. The summed E-state index contributed by atoms with van der Waals surface area (Å²) < 4.78 is 24.2. The lowest BCUT2D eigenvalue weighted by molar-refractivity contribution is 0.596. The molecule has 1 N–H and O–H groups in total. The van der Waals surface area contributed by atoms with Crippen LogP contribution >= 0.6 is 0 Å². The maximum atomic E-state index is 10.7. The average molecular weight is 201 g/mol. The molecule has 0 saturated carbocycles. The van der Waals surface area contributed by atoms with Gasteiger partial charge >= 0.3 is 0 Å². The van der Waals surface area contributed by atoms with Crippen molar-refractivity contribution in [2.75, 3.05) is 14.1 Å². The minimum atomic E-state index is -3.90. The van der Waals surface area contributed by atoms with Crippen LogP contribution in [0.4, 0.5) is 0 Å². The summed E-state index contributed by atoms with van der Waals surface area (Å²) in [5.41, 5.74) is 0. The largest absolute Gasteiger partial charge is 0.545 e. The van der Waals surface area contributed by atoms with Crippen molar-refractivity contribution in [2.45, 2.75) is 0 Å². The molecule has 1 aromatic heterocycles. The van der Waals surface area contributed by atoms with Gasteiger partial charge in [-0.05, 0) is 0 Å². The second-order valence-electron chi connectivity index (χ2n) is 2.79. The molecule has 13 heavy (non-hydrogen) atoms. The molecule has 0 saturated heterocycles. The summed E-state index contributed by atoms with van der Waals surface area (Å²) in [5, 5.41) is 7.66. The van der Waals surface area contributed by atoms with Crippen LogP contribution in [0.25, 0.3) is 5.14 Å². The Bertz CT molecular complexity index is 448. The first-order valence-corrected chi connectivity index (χ1v) is 5.04. The van der Waals surface area contributed by atoms with Crippen LogP contribution in [0.15, 0.2) is 24.5 Å². The summed E-state index contributed by atoms with van der Waals surface area (Å²) in [5.74, 6) is 0. The number of nitrogens with zero attached hydrogens (tertiary/aromatic N) is 2. The Morgan fingerprint density at radius 2 is 1.77 bits per heavy atom. The smallest absolute Gasteiger partial charge is 0.202 e. The van der Waals surface area contributed by atoms with E-state index in [1.165, 1.54) is 12.4 Å². The lowest BCUT2D eigenvalue weighted by atomic mass is 10.5. The molecular formula is C7H11N3O2S. The highest BCUT2D eigenvalue weighted by Crippen LogP contribution is 1.93. The van der Waals surface area contributed by atoms with Crippen molar-refractivity contribution in [3.63, 3.8) is 0 Å². The minimum Gasteiger partial charge on any atom is -0.545 e. The Hall–Kier alpha value is -1.14. The molecule has 5 nitrogen and oxygen atoms in total. The van der Waals surface area contributed by atoms with Gasteiger partial charge in [0.15, 0.2) is 10.2 Å². The van der Waals surface area contributed by atoms with Crippen LogP contribution in [0.5, 0.6) is 0 Å². The quantitative estimate of drug-likeness (QED) is 0.584. The van der Waals surface area contributed by atoms with E-state index in [9.17, 15) is 8.42 Å². The molecule has 0 unspecified atom stereocenters. The molecule has 0 aliphatic heterocycles. The molecule has 1 aromatic rings. The lowest BCUT2D eigenvalue weighted by Gasteiger charge is -2.07. The normalized spacial score (nSPS) is 11.3. The first-order chi connectivity index (χ1) is 5.91. The summed E-state index contributed by atoms with van der Waals surface area (Å²) in [6.45, 7) is 0. The average Bonchev–Trinajstić information content (AvgIpc) is 2.03. The molecule has 0 aromatic carbocycles. The van der Waals surface area contributed by atoms with E-state index in [4.69, 9.17) is 5.14 Å². The monoisotopic (exact) mass is 201 g/mol. The molecule has 6 heteroatoms. The zero-order chi connectivity index (χ0) is 10.1. The fourth-order valence-electron chi connectivity index (χ4n) is 0.863. The molecule has 0 fully saturated rings. The number of hydrogen-bond acceptors (Lipinski definition) is 2. The molecule has 0 aliphatic rings. The Morgan fingerprint density at radius 1 is 1.31 bits per heavy atom. The highest BCUT2D eigenvalue weighted by molar-refractivity contribution is 7.91. The Balaban J connectivity index is 3.32. The molecule has 0 atom stereocenters. The van der Waals surface area contributed by atoms with Crippen LogP contribution < -0.4 is 9.93 Å². The number of hydrogen-bond donors (Lipinski definition) is 0. The van der Waals surface area contributed by atoms with E-state index in [0.717, 1.165) is 9.33 Å². The topological polar surface area (TPSA) is 65.9 Å². The van der Waals surface area contributed by atoms with Gasteiger partial charge in [0, 0.05) is 24.5 Å². The predicted molar refractivity (Wildman–Crippen MR) is 50.2 cm³/mol. The van der Waals surface area contributed by atoms with Gasteiger partial charge in [-0.15, -0.1) is 0 Å². The zero-order valence-electron chi connectivity index (χ0n) is 7.43. The highest BCUT2D eigenvalue weighted by Gasteiger charge is 1.96. The number of pyridine rings is 1. The Morgan fingerprint density at radius 3 is 2.08 bits per heavy atom. The molecule has 1 rings (SSSR count). The molecule has 72 valence electrons. The fourth-order valence-corrected chi connectivity index (χ4v) is 1.31. The van der Waals surface area contributed by atoms with Crippen LogP contribution in [-0.4, -0.2) is 26.5 Å². The third-order valence-corrected chi connectivity index (χ3v) is 2.38. The van der Waals surface area contributed by atoms with Gasteiger partial charge in [-0.1, -0.05) is 0 Å². The maximum absolute atomic E-state index is 10.7. The van der Waals surface area contributed by atoms with Crippen molar-refractivity contribution >= 4 is 10.2 Å². The van der Waals surface area contributed by atoms with Crippen molar-refractivity contribution in [1.29, 1.82) is 0 Å². The summed E-state index contributed by atoms with van der Waals surface area (Å²) in [6.07, 6.45) is 2.69. The standard InChI is InChI=1S/C7H11N3O2S/c1-9(2)7-3-5-10(6-4-7)13(8,11)12/h3-6H,1-2H3,(H-,8,11,12). The van der Waals surface area contributed by atoms with Gasteiger partial charge in [-0.25, -0.2) is 13.0 Å². The third kappa shape index (κ3) is 2.40. The molecular weight excluding hydrogens is 190 g/mol. The molecule has 0 spiro atoms. The second kappa shape index (κ2) is 3.31. The first kappa shape index (κ1) is 9.94. The second-order valence-corrected chi connectivity index (χ2v) is 4.16. The summed E-state index contributed by atoms with van der Waals surface area (Å²) in [4.78, 5) is 0. The summed E-state index contributed by atoms with van der Waals surface area (Å²) >= 11 is 0. The molecule has 0 bridgehead atoms. The van der Waals surface area contributed by atoms with Gasteiger partial charge in [0.05, 0.1) is 0 Å². The van der Waals surface area contributed by atoms with E-state index in [1.807, 2.05) is 18.7 Å². The Kier molecular flexibility index (Phi) is 2.53. The van der Waals surface area contributed by atoms with Crippen LogP contribution in [0.3, 0.4) is 0 Å². The van der Waals surface area contributed by atoms with Gasteiger partial charge in [-0.2, -0.15) is 0 Å². The number of rotatable bonds is 1. The fraction of sp³-hybridized carbons (Fsp3) is 0.286. The van der Waals surface area contributed by atoms with Crippen LogP contribution in [0.2, 0.25) is 0 Å². The van der Waals surface area contributed by atoms with Gasteiger partial charge in [0.2, 0.25) is 5.36 Å². The molecule has 0 radical (unpaired) electrons. The van der Waals surface area contributed by atoms with Crippen molar-refractivity contribution in [2.24, 2.45) is 0 Å². The lowest BCUT2D eigenvalue weighted by Crippen LogP contribution is -2.22. The number of nitrogens with one attached hydrogen (secondary N) is 1. The van der Waals surface area contributed by atoms with E-state index in [-0.39, 0.29) is 0 Å². The van der Waals surface area contributed by atoms with Crippen molar-refractivity contribution in [3.05, 3.63) is 35.0 Å². The van der Waals surface area contributed by atoms with E-state index in [1.54, 1.807) is 12.1 Å². The van der Waals surface area contributed by atoms with Gasteiger partial charge in [-0.3, -0.25) is 3.97 Å². The molecule has 1 heterocycles. The van der Waals surface area contributed by atoms with Crippen LogP contribution in [-0.2, 0) is 10.2 Å². The van der Waals surface area contributed by atoms with Gasteiger partial charge in [0.1, 0.15) is 14.1 Å². The highest BCUT2D eigenvalue weighted by atomic mass is 32.2. The van der Waals surface area contributed by atoms with Crippen LogP contribution in [0, 0.1) is 0 Å². The van der Waals surface area contributed by atoms with Gasteiger partial charge in [0.25, 0.3) is 0 Å². The number of aromatic nitrogens is 1. The summed E-state index contributed by atoms with van der Waals surface area (Å²) in [7, 11) is -0.185. The molecule has 0 aliphatic carbocycles. The summed E-state index contributed by atoms with van der Waals surface area (Å²) in [6, 6.07) is 3.26. The van der Waals surface area contributed by atoms with Gasteiger partial charge < -0.3 is 5.14 Å². The van der Waals surface area contributed by atoms with E-state index >= 15 is 0 Å². The van der Waals surface area contributed by atoms with E-state index < -0.39 is 10.2 Å². The predicted octanol–water partition coefficient (Wildman–Crippen LogP) is -0.335. The third-order valence-electron chi connectivity index (χ3n) is 1.58. The van der Waals surface area contributed by atoms with Crippen molar-refractivity contribution in [3.8, 4) is 0 Å². The SMILES string of the molecule is C[N+](C)=c1ccn(S([NH-])(=O)=O)cc1. The minimum absolute atomic E-state index is 0.847. The zero-order valence-corrected chi connectivity index (χ0v) is 8.25. The molecule has 0 amide bonds.